The van der Waals surface area contributed by atoms with Crippen molar-refractivity contribution in [3.05, 3.63) is 0 Å². The SMILES string of the molecule is CC1CN2CCCCC2CN1C(=O)[C@@H](N)C(C)(C)C. The van der Waals surface area contributed by atoms with Gasteiger partial charge in [-0.25, -0.2) is 0 Å². The van der Waals surface area contributed by atoms with E-state index in [0.717, 1.165) is 13.1 Å². The van der Waals surface area contributed by atoms with Gasteiger partial charge in [-0.3, -0.25) is 9.69 Å². The first-order chi connectivity index (χ1) is 8.80. The molecule has 1 amide bonds. The summed E-state index contributed by atoms with van der Waals surface area (Å²) < 4.78 is 0. The van der Waals surface area contributed by atoms with Crippen LogP contribution in [0.4, 0.5) is 0 Å². The fourth-order valence-electron chi connectivity index (χ4n) is 3.21. The zero-order chi connectivity index (χ0) is 14.2. The van der Waals surface area contributed by atoms with E-state index in [1.807, 2.05) is 25.7 Å². The van der Waals surface area contributed by atoms with E-state index >= 15 is 0 Å². The molecule has 4 nitrogen and oxygen atoms in total. The van der Waals surface area contributed by atoms with Gasteiger partial charge in [-0.15, -0.1) is 0 Å². The van der Waals surface area contributed by atoms with Crippen molar-refractivity contribution in [2.45, 2.75) is 65.1 Å². The molecule has 110 valence electrons. The van der Waals surface area contributed by atoms with Crippen LogP contribution in [0.3, 0.4) is 0 Å². The minimum atomic E-state index is -0.398. The summed E-state index contributed by atoms with van der Waals surface area (Å²) in [5.74, 6) is 0.130. The third-order valence-electron chi connectivity index (χ3n) is 4.67. The number of piperazine rings is 1. The van der Waals surface area contributed by atoms with Crippen LogP contribution in [-0.2, 0) is 4.79 Å². The second-order valence-corrected chi connectivity index (χ2v) is 7.33. The minimum absolute atomic E-state index is 0.130. The van der Waals surface area contributed by atoms with Crippen molar-refractivity contribution >= 4 is 5.91 Å². The van der Waals surface area contributed by atoms with Crippen molar-refractivity contribution in [1.82, 2.24) is 9.80 Å². The van der Waals surface area contributed by atoms with Gasteiger partial charge in [0, 0.05) is 25.2 Å². The van der Waals surface area contributed by atoms with E-state index in [0.29, 0.717) is 6.04 Å². The minimum Gasteiger partial charge on any atom is -0.336 e. The van der Waals surface area contributed by atoms with E-state index in [9.17, 15) is 4.79 Å². The van der Waals surface area contributed by atoms with Crippen molar-refractivity contribution < 1.29 is 4.79 Å². The first kappa shape index (κ1) is 14.8. The number of hydrogen-bond acceptors (Lipinski definition) is 3. The summed E-state index contributed by atoms with van der Waals surface area (Å²) in [6, 6.07) is 0.446. The molecule has 4 heteroatoms. The smallest absolute Gasteiger partial charge is 0.240 e. The lowest BCUT2D eigenvalue weighted by molar-refractivity contribution is -0.141. The van der Waals surface area contributed by atoms with Crippen LogP contribution in [0.5, 0.6) is 0 Å². The quantitative estimate of drug-likeness (QED) is 0.782. The van der Waals surface area contributed by atoms with Crippen LogP contribution in [0.1, 0.15) is 47.0 Å². The molecule has 2 aliphatic rings. The molecule has 0 aromatic carbocycles. The fraction of sp³-hybridized carbons (Fsp3) is 0.933. The highest BCUT2D eigenvalue weighted by molar-refractivity contribution is 5.83. The zero-order valence-corrected chi connectivity index (χ0v) is 12.9. The average Bonchev–Trinajstić information content (AvgIpc) is 2.35. The Morgan fingerprint density at radius 3 is 2.58 bits per heavy atom. The van der Waals surface area contributed by atoms with E-state index in [-0.39, 0.29) is 17.4 Å². The Hall–Kier alpha value is -0.610. The van der Waals surface area contributed by atoms with Crippen molar-refractivity contribution in [1.29, 1.82) is 0 Å². The Labute approximate surface area is 117 Å². The molecule has 0 aromatic rings. The molecule has 0 saturated carbocycles. The van der Waals surface area contributed by atoms with E-state index in [2.05, 4.69) is 11.8 Å². The molecule has 0 aromatic heterocycles. The second-order valence-electron chi connectivity index (χ2n) is 7.33. The summed E-state index contributed by atoms with van der Waals surface area (Å²) in [7, 11) is 0. The third kappa shape index (κ3) is 3.11. The molecule has 2 saturated heterocycles. The van der Waals surface area contributed by atoms with E-state index in [1.165, 1.54) is 25.8 Å². The van der Waals surface area contributed by atoms with E-state index < -0.39 is 6.04 Å². The Morgan fingerprint density at radius 1 is 1.26 bits per heavy atom. The van der Waals surface area contributed by atoms with Crippen molar-refractivity contribution in [3.8, 4) is 0 Å². The van der Waals surface area contributed by atoms with Gasteiger partial charge in [0.15, 0.2) is 0 Å². The van der Waals surface area contributed by atoms with Crippen LogP contribution >= 0.6 is 0 Å². The lowest BCUT2D eigenvalue weighted by Gasteiger charge is -2.48. The maximum atomic E-state index is 12.6. The number of rotatable bonds is 1. The summed E-state index contributed by atoms with van der Waals surface area (Å²) in [6.45, 7) is 11.3. The van der Waals surface area contributed by atoms with Gasteiger partial charge < -0.3 is 10.6 Å². The molecular weight excluding hydrogens is 238 g/mol. The van der Waals surface area contributed by atoms with Crippen LogP contribution in [0.25, 0.3) is 0 Å². The maximum absolute atomic E-state index is 12.6. The zero-order valence-electron chi connectivity index (χ0n) is 12.9. The predicted molar refractivity (Wildman–Crippen MR) is 77.8 cm³/mol. The first-order valence-corrected chi connectivity index (χ1v) is 7.61. The Morgan fingerprint density at radius 2 is 1.95 bits per heavy atom. The molecule has 2 aliphatic heterocycles. The summed E-state index contributed by atoms with van der Waals surface area (Å²) in [5.41, 5.74) is 5.98. The van der Waals surface area contributed by atoms with Crippen LogP contribution in [0.15, 0.2) is 0 Å². The van der Waals surface area contributed by atoms with E-state index in [1.54, 1.807) is 0 Å². The summed E-state index contributed by atoms with van der Waals surface area (Å²) >= 11 is 0. The molecule has 2 heterocycles. The van der Waals surface area contributed by atoms with Gasteiger partial charge >= 0.3 is 0 Å². The largest absolute Gasteiger partial charge is 0.336 e. The van der Waals surface area contributed by atoms with Gasteiger partial charge in [0.05, 0.1) is 6.04 Å². The number of carbonyl (C=O) groups excluding carboxylic acids is 1. The van der Waals surface area contributed by atoms with Crippen LogP contribution in [0, 0.1) is 5.41 Å². The van der Waals surface area contributed by atoms with Gasteiger partial charge in [-0.05, 0) is 31.7 Å². The maximum Gasteiger partial charge on any atom is 0.240 e. The number of nitrogens with two attached hydrogens (primary N) is 1. The van der Waals surface area contributed by atoms with E-state index in [4.69, 9.17) is 5.73 Å². The predicted octanol–water partition coefficient (Wildman–Crippen LogP) is 1.45. The number of hydrogen-bond donors (Lipinski definition) is 1. The highest BCUT2D eigenvalue weighted by Crippen LogP contribution is 2.26. The number of nitrogens with zero attached hydrogens (tertiary/aromatic N) is 2. The molecule has 0 aliphatic carbocycles. The summed E-state index contributed by atoms with van der Waals surface area (Å²) in [6.07, 6.45) is 3.82. The van der Waals surface area contributed by atoms with Gasteiger partial charge in [0.2, 0.25) is 5.91 Å². The Balaban J connectivity index is 2.05. The molecule has 0 bridgehead atoms. The molecule has 0 radical (unpaired) electrons. The lowest BCUT2D eigenvalue weighted by Crippen LogP contribution is -2.63. The molecule has 2 fully saturated rings. The Bertz CT molecular complexity index is 337. The number of amides is 1. The van der Waals surface area contributed by atoms with Gasteiger partial charge in [0.25, 0.3) is 0 Å². The van der Waals surface area contributed by atoms with Gasteiger partial charge in [0.1, 0.15) is 0 Å². The van der Waals surface area contributed by atoms with Crippen molar-refractivity contribution in [2.24, 2.45) is 11.1 Å². The average molecular weight is 267 g/mol. The number of piperidine rings is 1. The van der Waals surface area contributed by atoms with Crippen LogP contribution < -0.4 is 5.73 Å². The molecule has 19 heavy (non-hydrogen) atoms. The van der Waals surface area contributed by atoms with Crippen LogP contribution in [-0.4, -0.2) is 53.5 Å². The molecule has 2 rings (SSSR count). The molecular formula is C15H29N3O. The molecule has 3 atom stereocenters. The highest BCUT2D eigenvalue weighted by atomic mass is 16.2. The summed E-state index contributed by atoms with van der Waals surface area (Å²) in [5, 5.41) is 0. The topological polar surface area (TPSA) is 49.6 Å². The first-order valence-electron chi connectivity index (χ1n) is 7.61. The number of carbonyl (C=O) groups is 1. The number of fused-ring (bicyclic) bond motifs is 1. The standard InChI is InChI=1S/C15H29N3O/c1-11-9-17-8-6-5-7-12(17)10-18(11)14(19)13(16)15(2,3)4/h11-13H,5-10,16H2,1-4H3/t11?,12?,13-/m1/s1. The normalized spacial score (nSPS) is 30.9. The van der Waals surface area contributed by atoms with Gasteiger partial charge in [-0.2, -0.15) is 0 Å². The lowest BCUT2D eigenvalue weighted by atomic mass is 9.85. The summed E-state index contributed by atoms with van der Waals surface area (Å²) in [4.78, 5) is 17.2. The van der Waals surface area contributed by atoms with Crippen LogP contribution in [0.2, 0.25) is 0 Å². The molecule has 2 unspecified atom stereocenters. The highest BCUT2D eigenvalue weighted by Gasteiger charge is 2.39. The fourth-order valence-corrected chi connectivity index (χ4v) is 3.21. The second kappa shape index (κ2) is 5.41. The molecule has 2 N–H and O–H groups in total. The molecule has 0 spiro atoms. The van der Waals surface area contributed by atoms with Crippen molar-refractivity contribution in [3.63, 3.8) is 0 Å². The Kier molecular flexibility index (Phi) is 4.21. The monoisotopic (exact) mass is 267 g/mol. The van der Waals surface area contributed by atoms with Crippen molar-refractivity contribution in [2.75, 3.05) is 19.6 Å². The van der Waals surface area contributed by atoms with Gasteiger partial charge in [-0.1, -0.05) is 27.2 Å². The third-order valence-corrected chi connectivity index (χ3v) is 4.67.